The van der Waals surface area contributed by atoms with Gasteiger partial charge in [-0.3, -0.25) is 0 Å². The number of hydrogen-bond donors (Lipinski definition) is 2. The average Bonchev–Trinajstić information content (AvgIpc) is 2.45. The van der Waals surface area contributed by atoms with Crippen molar-refractivity contribution in [2.24, 2.45) is 5.73 Å². The SMILES string of the molecule is CCOc1ccccc1Nc1nnc(C)c(C)c1C(N)=S. The van der Waals surface area contributed by atoms with Crippen LogP contribution in [0.2, 0.25) is 0 Å². The van der Waals surface area contributed by atoms with Crippen LogP contribution < -0.4 is 15.8 Å². The first-order valence-corrected chi connectivity index (χ1v) is 7.08. The summed E-state index contributed by atoms with van der Waals surface area (Å²) in [6.07, 6.45) is 0. The van der Waals surface area contributed by atoms with Gasteiger partial charge in [0.2, 0.25) is 0 Å². The Morgan fingerprint density at radius 1 is 1.29 bits per heavy atom. The van der Waals surface area contributed by atoms with Gasteiger partial charge in [-0.05, 0) is 38.5 Å². The van der Waals surface area contributed by atoms with E-state index < -0.39 is 0 Å². The van der Waals surface area contributed by atoms with Crippen molar-refractivity contribution in [1.82, 2.24) is 10.2 Å². The minimum atomic E-state index is 0.293. The van der Waals surface area contributed by atoms with Crippen LogP contribution in [0.15, 0.2) is 24.3 Å². The standard InChI is InChI=1S/C15H18N4OS/c1-4-20-12-8-6-5-7-11(12)17-15-13(14(16)21)9(2)10(3)18-19-15/h5-8H,4H2,1-3H3,(H2,16,21)(H,17,19). The molecular formula is C15H18N4OS. The summed E-state index contributed by atoms with van der Waals surface area (Å²) in [5, 5.41) is 11.5. The van der Waals surface area contributed by atoms with Crippen LogP contribution in [0.1, 0.15) is 23.7 Å². The molecule has 2 rings (SSSR count). The Balaban J connectivity index is 2.45. The summed E-state index contributed by atoms with van der Waals surface area (Å²) >= 11 is 5.14. The van der Waals surface area contributed by atoms with Crippen molar-refractivity contribution in [3.63, 3.8) is 0 Å². The fourth-order valence-electron chi connectivity index (χ4n) is 1.98. The molecule has 0 aliphatic carbocycles. The van der Waals surface area contributed by atoms with E-state index in [0.717, 1.165) is 22.7 Å². The van der Waals surface area contributed by atoms with Gasteiger partial charge in [-0.1, -0.05) is 24.4 Å². The molecular weight excluding hydrogens is 284 g/mol. The van der Waals surface area contributed by atoms with Crippen molar-refractivity contribution in [3.05, 3.63) is 41.1 Å². The molecule has 0 aliphatic rings. The predicted octanol–water partition coefficient (Wildman–Crippen LogP) is 2.87. The average molecular weight is 302 g/mol. The number of nitrogens with zero attached hydrogens (tertiary/aromatic N) is 2. The number of thiocarbonyl (C=S) groups is 1. The number of hydrogen-bond acceptors (Lipinski definition) is 5. The van der Waals surface area contributed by atoms with Crippen LogP contribution in [0.4, 0.5) is 11.5 Å². The zero-order valence-corrected chi connectivity index (χ0v) is 13.1. The lowest BCUT2D eigenvalue weighted by Crippen LogP contribution is -2.17. The summed E-state index contributed by atoms with van der Waals surface area (Å²) in [7, 11) is 0. The van der Waals surface area contributed by atoms with Gasteiger partial charge in [0, 0.05) is 0 Å². The lowest BCUT2D eigenvalue weighted by molar-refractivity contribution is 0.342. The van der Waals surface area contributed by atoms with E-state index in [1.807, 2.05) is 45.0 Å². The maximum Gasteiger partial charge on any atom is 0.163 e. The largest absolute Gasteiger partial charge is 0.492 e. The molecule has 1 heterocycles. The Morgan fingerprint density at radius 2 is 2.00 bits per heavy atom. The molecule has 21 heavy (non-hydrogen) atoms. The normalized spacial score (nSPS) is 10.2. The summed E-state index contributed by atoms with van der Waals surface area (Å²) in [4.78, 5) is 0.293. The third-order valence-corrected chi connectivity index (χ3v) is 3.35. The number of benzene rings is 1. The van der Waals surface area contributed by atoms with Gasteiger partial charge in [-0.15, -0.1) is 5.10 Å². The van der Waals surface area contributed by atoms with E-state index in [1.54, 1.807) is 0 Å². The molecule has 2 aromatic rings. The van der Waals surface area contributed by atoms with E-state index in [2.05, 4.69) is 15.5 Å². The maximum atomic E-state index is 5.83. The summed E-state index contributed by atoms with van der Waals surface area (Å²) < 4.78 is 5.59. The van der Waals surface area contributed by atoms with Crippen LogP contribution in [0.3, 0.4) is 0 Å². The second-order valence-corrected chi connectivity index (χ2v) is 4.99. The number of aryl methyl sites for hydroxylation is 1. The highest BCUT2D eigenvalue weighted by molar-refractivity contribution is 7.80. The third kappa shape index (κ3) is 3.28. The quantitative estimate of drug-likeness (QED) is 0.827. The number of nitrogens with two attached hydrogens (primary N) is 1. The molecule has 1 aromatic carbocycles. The topological polar surface area (TPSA) is 73.1 Å². The lowest BCUT2D eigenvalue weighted by Gasteiger charge is -2.15. The van der Waals surface area contributed by atoms with E-state index in [0.29, 0.717) is 23.0 Å². The first-order chi connectivity index (χ1) is 10.0. The zero-order chi connectivity index (χ0) is 15.4. The van der Waals surface area contributed by atoms with Crippen LogP contribution >= 0.6 is 12.2 Å². The van der Waals surface area contributed by atoms with Crippen molar-refractivity contribution in [2.45, 2.75) is 20.8 Å². The molecule has 0 radical (unpaired) electrons. The van der Waals surface area contributed by atoms with Gasteiger partial charge in [-0.25, -0.2) is 0 Å². The predicted molar refractivity (Wildman–Crippen MR) is 88.3 cm³/mol. The van der Waals surface area contributed by atoms with E-state index in [4.69, 9.17) is 22.7 Å². The molecule has 5 nitrogen and oxygen atoms in total. The van der Waals surface area contributed by atoms with Crippen LogP contribution in [0.25, 0.3) is 0 Å². The molecule has 0 saturated heterocycles. The van der Waals surface area contributed by atoms with E-state index >= 15 is 0 Å². The maximum absolute atomic E-state index is 5.83. The molecule has 1 aromatic heterocycles. The molecule has 0 fully saturated rings. The van der Waals surface area contributed by atoms with Crippen LogP contribution in [-0.2, 0) is 0 Å². The Kier molecular flexibility index (Phi) is 4.70. The molecule has 0 saturated carbocycles. The fourth-order valence-corrected chi connectivity index (χ4v) is 2.23. The minimum Gasteiger partial charge on any atom is -0.492 e. The highest BCUT2D eigenvalue weighted by Gasteiger charge is 2.15. The van der Waals surface area contributed by atoms with Crippen LogP contribution in [-0.4, -0.2) is 21.8 Å². The summed E-state index contributed by atoms with van der Waals surface area (Å²) in [6.45, 7) is 6.33. The van der Waals surface area contributed by atoms with Crippen molar-refractivity contribution in [1.29, 1.82) is 0 Å². The van der Waals surface area contributed by atoms with Gasteiger partial charge in [-0.2, -0.15) is 5.10 Å². The smallest absolute Gasteiger partial charge is 0.163 e. The number of aromatic nitrogens is 2. The number of rotatable bonds is 5. The van der Waals surface area contributed by atoms with Crippen molar-refractivity contribution in [2.75, 3.05) is 11.9 Å². The Hall–Kier alpha value is -2.21. The summed E-state index contributed by atoms with van der Waals surface area (Å²) in [5.74, 6) is 1.28. The second-order valence-electron chi connectivity index (χ2n) is 4.55. The van der Waals surface area contributed by atoms with Crippen LogP contribution in [0.5, 0.6) is 5.75 Å². The molecule has 0 atom stereocenters. The van der Waals surface area contributed by atoms with Gasteiger partial charge in [0.15, 0.2) is 5.82 Å². The molecule has 110 valence electrons. The Morgan fingerprint density at radius 3 is 2.67 bits per heavy atom. The van der Waals surface area contributed by atoms with Crippen molar-refractivity contribution < 1.29 is 4.74 Å². The monoisotopic (exact) mass is 302 g/mol. The van der Waals surface area contributed by atoms with Crippen LogP contribution in [0, 0.1) is 13.8 Å². The molecule has 0 spiro atoms. The summed E-state index contributed by atoms with van der Waals surface area (Å²) in [5.41, 5.74) is 9.07. The van der Waals surface area contributed by atoms with Gasteiger partial charge in [0.25, 0.3) is 0 Å². The molecule has 0 unspecified atom stereocenters. The Bertz CT molecular complexity index is 673. The highest BCUT2D eigenvalue weighted by Crippen LogP contribution is 2.29. The first kappa shape index (κ1) is 15.2. The number of nitrogens with one attached hydrogen (secondary N) is 1. The zero-order valence-electron chi connectivity index (χ0n) is 12.3. The third-order valence-electron chi connectivity index (χ3n) is 3.14. The molecule has 0 bridgehead atoms. The second kappa shape index (κ2) is 6.49. The molecule has 0 amide bonds. The van der Waals surface area contributed by atoms with E-state index in [-0.39, 0.29) is 0 Å². The van der Waals surface area contributed by atoms with Gasteiger partial charge >= 0.3 is 0 Å². The lowest BCUT2D eigenvalue weighted by atomic mass is 10.1. The number of anilines is 2. The molecule has 3 N–H and O–H groups in total. The van der Waals surface area contributed by atoms with E-state index in [1.165, 1.54) is 0 Å². The number of para-hydroxylation sites is 2. The van der Waals surface area contributed by atoms with Gasteiger partial charge in [0.05, 0.1) is 23.6 Å². The van der Waals surface area contributed by atoms with Gasteiger partial charge < -0.3 is 15.8 Å². The Labute approximate surface area is 129 Å². The van der Waals surface area contributed by atoms with Crippen molar-refractivity contribution >= 4 is 28.7 Å². The molecule has 0 aliphatic heterocycles. The highest BCUT2D eigenvalue weighted by atomic mass is 32.1. The van der Waals surface area contributed by atoms with Gasteiger partial charge in [0.1, 0.15) is 10.7 Å². The molecule has 6 heteroatoms. The first-order valence-electron chi connectivity index (χ1n) is 6.67. The van der Waals surface area contributed by atoms with E-state index in [9.17, 15) is 0 Å². The fraction of sp³-hybridized carbons (Fsp3) is 0.267. The number of ether oxygens (including phenoxy) is 1. The van der Waals surface area contributed by atoms with Crippen molar-refractivity contribution in [3.8, 4) is 5.75 Å². The summed E-state index contributed by atoms with van der Waals surface area (Å²) in [6, 6.07) is 7.63. The minimum absolute atomic E-state index is 0.293.